The second-order valence-corrected chi connectivity index (χ2v) is 4.31. The molecule has 0 saturated carbocycles. The number of rotatable bonds is 4. The van der Waals surface area contributed by atoms with Gasteiger partial charge in [-0.25, -0.2) is 8.78 Å². The average molecular weight is 245 g/mol. The average Bonchev–Trinajstić information content (AvgIpc) is 2.61. The molecule has 1 aromatic rings. The van der Waals surface area contributed by atoms with Gasteiger partial charge < -0.3 is 5.11 Å². The van der Waals surface area contributed by atoms with Crippen LogP contribution in [0.4, 0.5) is 8.78 Å². The maximum Gasteiger partial charge on any atom is 0.251 e. The van der Waals surface area contributed by atoms with E-state index in [1.165, 1.54) is 11.3 Å². The third-order valence-electron chi connectivity index (χ3n) is 1.91. The van der Waals surface area contributed by atoms with E-state index in [1.807, 2.05) is 11.4 Å². The van der Waals surface area contributed by atoms with Crippen LogP contribution < -0.4 is 0 Å². The van der Waals surface area contributed by atoms with Crippen molar-refractivity contribution in [2.45, 2.75) is 13.0 Å². The molecule has 1 aromatic heterocycles. The summed E-state index contributed by atoms with van der Waals surface area (Å²) in [7, 11) is 1.65. The maximum absolute atomic E-state index is 12.1. The Bertz CT molecular complexity index is 381. The lowest BCUT2D eigenvalue weighted by Crippen LogP contribution is -2.23. The number of hydrogen-bond donors (Lipinski definition) is 1. The van der Waals surface area contributed by atoms with Crippen LogP contribution in [0.3, 0.4) is 0 Å². The quantitative estimate of drug-likeness (QED) is 0.817. The van der Waals surface area contributed by atoms with Gasteiger partial charge in [0.25, 0.3) is 6.43 Å². The topological polar surface area (TPSA) is 23.5 Å². The first kappa shape index (κ1) is 13.1. The van der Waals surface area contributed by atoms with Gasteiger partial charge in [0.15, 0.2) is 0 Å². The van der Waals surface area contributed by atoms with E-state index in [0.29, 0.717) is 6.54 Å². The van der Waals surface area contributed by atoms with Crippen LogP contribution in [0.25, 0.3) is 0 Å². The van der Waals surface area contributed by atoms with Crippen molar-refractivity contribution in [2.75, 3.05) is 20.2 Å². The number of aliphatic hydroxyl groups excluding tert-OH is 1. The van der Waals surface area contributed by atoms with Crippen molar-refractivity contribution in [3.8, 4) is 11.8 Å². The smallest absolute Gasteiger partial charge is 0.251 e. The summed E-state index contributed by atoms with van der Waals surface area (Å²) >= 11 is 1.48. The van der Waals surface area contributed by atoms with Crippen molar-refractivity contribution in [3.63, 3.8) is 0 Å². The van der Waals surface area contributed by atoms with Crippen molar-refractivity contribution >= 4 is 11.3 Å². The molecule has 0 aliphatic carbocycles. The molecular weight excluding hydrogens is 232 g/mol. The molecule has 0 bridgehead atoms. The third kappa shape index (κ3) is 4.27. The normalized spacial score (nSPS) is 10.6. The highest BCUT2D eigenvalue weighted by Gasteiger charge is 2.10. The van der Waals surface area contributed by atoms with Gasteiger partial charge >= 0.3 is 0 Å². The first-order valence-corrected chi connectivity index (χ1v) is 5.64. The Morgan fingerprint density at radius 1 is 1.56 bits per heavy atom. The van der Waals surface area contributed by atoms with Crippen molar-refractivity contribution in [1.82, 2.24) is 4.90 Å². The van der Waals surface area contributed by atoms with Crippen LogP contribution in [-0.4, -0.2) is 36.6 Å². The van der Waals surface area contributed by atoms with Crippen LogP contribution in [0.2, 0.25) is 0 Å². The molecule has 16 heavy (non-hydrogen) atoms. The Balaban J connectivity index is 2.63. The Kier molecular flexibility index (Phi) is 5.39. The van der Waals surface area contributed by atoms with Gasteiger partial charge in [-0.1, -0.05) is 11.8 Å². The van der Waals surface area contributed by atoms with Gasteiger partial charge in [0, 0.05) is 17.0 Å². The first-order valence-electron chi connectivity index (χ1n) is 4.76. The maximum atomic E-state index is 12.1. The largest absolute Gasteiger partial charge is 0.384 e. The molecule has 0 fully saturated rings. The molecule has 1 heterocycles. The van der Waals surface area contributed by atoms with Crippen molar-refractivity contribution < 1.29 is 13.9 Å². The number of hydrogen-bond acceptors (Lipinski definition) is 3. The van der Waals surface area contributed by atoms with Crippen LogP contribution in [0.15, 0.2) is 11.4 Å². The van der Waals surface area contributed by atoms with E-state index in [9.17, 15) is 8.78 Å². The van der Waals surface area contributed by atoms with Crippen LogP contribution in [0.1, 0.15) is 10.4 Å². The van der Waals surface area contributed by atoms with Crippen molar-refractivity contribution in [3.05, 3.63) is 21.9 Å². The van der Waals surface area contributed by atoms with Crippen LogP contribution >= 0.6 is 11.3 Å². The highest BCUT2D eigenvalue weighted by Crippen LogP contribution is 2.17. The second kappa shape index (κ2) is 6.59. The van der Waals surface area contributed by atoms with E-state index in [4.69, 9.17) is 5.11 Å². The minimum absolute atomic E-state index is 0.192. The Morgan fingerprint density at radius 3 is 2.94 bits per heavy atom. The Morgan fingerprint density at radius 2 is 2.31 bits per heavy atom. The molecule has 0 saturated heterocycles. The molecule has 2 nitrogen and oxygen atoms in total. The van der Waals surface area contributed by atoms with Crippen molar-refractivity contribution in [2.24, 2.45) is 0 Å². The zero-order valence-corrected chi connectivity index (χ0v) is 9.73. The molecule has 0 aliphatic rings. The molecule has 88 valence electrons. The fourth-order valence-corrected chi connectivity index (χ4v) is 2.16. The van der Waals surface area contributed by atoms with Gasteiger partial charge in [0.1, 0.15) is 6.61 Å². The summed E-state index contributed by atoms with van der Waals surface area (Å²) in [5.74, 6) is 5.35. The molecule has 0 spiro atoms. The van der Waals surface area contributed by atoms with Gasteiger partial charge in [0.2, 0.25) is 0 Å². The van der Waals surface area contributed by atoms with Crippen LogP contribution in [-0.2, 0) is 6.54 Å². The molecule has 0 aliphatic heterocycles. The fourth-order valence-electron chi connectivity index (χ4n) is 1.25. The molecule has 5 heteroatoms. The highest BCUT2D eigenvalue weighted by atomic mass is 32.1. The molecule has 0 aromatic carbocycles. The number of thiophene rings is 1. The molecule has 0 amide bonds. The summed E-state index contributed by atoms with van der Waals surface area (Å²) in [5.41, 5.74) is 0.806. The zero-order valence-electron chi connectivity index (χ0n) is 8.91. The number of aliphatic hydroxyl groups is 1. The molecule has 1 rings (SSSR count). The van der Waals surface area contributed by atoms with Gasteiger partial charge in [-0.15, -0.1) is 11.3 Å². The first-order chi connectivity index (χ1) is 7.63. The predicted octanol–water partition coefficient (Wildman–Crippen LogP) is 1.79. The van der Waals surface area contributed by atoms with E-state index in [1.54, 1.807) is 11.9 Å². The summed E-state index contributed by atoms with van der Waals surface area (Å²) in [6, 6.07) is 1.83. The zero-order chi connectivity index (χ0) is 12.0. The fraction of sp³-hybridized carbons (Fsp3) is 0.455. The third-order valence-corrected chi connectivity index (χ3v) is 2.82. The lowest BCUT2D eigenvalue weighted by atomic mass is 10.2. The number of halogens is 2. The molecular formula is C11H13F2NOS. The molecule has 0 atom stereocenters. The molecule has 1 N–H and O–H groups in total. The summed E-state index contributed by atoms with van der Waals surface area (Å²) in [4.78, 5) is 2.50. The Labute approximate surface area is 97.5 Å². The minimum Gasteiger partial charge on any atom is -0.384 e. The summed E-state index contributed by atoms with van der Waals surface area (Å²) in [6.07, 6.45) is -2.32. The van der Waals surface area contributed by atoms with Gasteiger partial charge in [-0.3, -0.25) is 4.90 Å². The summed E-state index contributed by atoms with van der Waals surface area (Å²) in [6.45, 7) is 0.0182. The Hall–Kier alpha value is -0.960. The van der Waals surface area contributed by atoms with Crippen LogP contribution in [0, 0.1) is 11.8 Å². The minimum atomic E-state index is -2.32. The van der Waals surface area contributed by atoms with Crippen molar-refractivity contribution in [1.29, 1.82) is 0 Å². The van der Waals surface area contributed by atoms with E-state index in [0.717, 1.165) is 10.4 Å². The second-order valence-electron chi connectivity index (χ2n) is 3.31. The summed E-state index contributed by atoms with van der Waals surface area (Å²) < 4.78 is 24.2. The predicted molar refractivity (Wildman–Crippen MR) is 60.6 cm³/mol. The lowest BCUT2D eigenvalue weighted by Gasteiger charge is -2.14. The SMILES string of the molecule is CN(Cc1sccc1C#CCO)CC(F)F. The van der Waals surface area contributed by atoms with E-state index in [-0.39, 0.29) is 13.2 Å². The number of alkyl halides is 2. The lowest BCUT2D eigenvalue weighted by molar-refractivity contribution is 0.0979. The van der Waals surface area contributed by atoms with Gasteiger partial charge in [-0.05, 0) is 18.5 Å². The van der Waals surface area contributed by atoms with Crippen LogP contribution in [0.5, 0.6) is 0 Å². The summed E-state index contributed by atoms with van der Waals surface area (Å²) in [5, 5.41) is 10.4. The van der Waals surface area contributed by atoms with Gasteiger partial charge in [-0.2, -0.15) is 0 Å². The van der Waals surface area contributed by atoms with Gasteiger partial charge in [0.05, 0.1) is 6.54 Å². The van der Waals surface area contributed by atoms with E-state index in [2.05, 4.69) is 11.8 Å². The highest BCUT2D eigenvalue weighted by molar-refractivity contribution is 7.10. The van der Waals surface area contributed by atoms with E-state index >= 15 is 0 Å². The molecule has 0 radical (unpaired) electrons. The standard InChI is InChI=1S/C11H13F2NOS/c1-14(8-11(12)13)7-10-9(3-2-5-15)4-6-16-10/h4,6,11,15H,5,7-8H2,1H3. The number of nitrogens with zero attached hydrogens (tertiary/aromatic N) is 1. The molecule has 0 unspecified atom stereocenters. The van der Waals surface area contributed by atoms with E-state index < -0.39 is 6.43 Å². The monoisotopic (exact) mass is 245 g/mol.